The standard InChI is InChI=1S/C17H16N4O/c1-12-4-3-5-16(13(12)2)17(22)20-14-6-8-15(9-7-14)21-11-18-10-19-21/h3-11H,1-2H3,(H,20,22). The molecule has 110 valence electrons. The minimum Gasteiger partial charge on any atom is -0.322 e. The van der Waals surface area contributed by atoms with E-state index in [9.17, 15) is 4.79 Å². The van der Waals surface area contributed by atoms with E-state index in [0.717, 1.165) is 22.5 Å². The lowest BCUT2D eigenvalue weighted by atomic mass is 10.0. The van der Waals surface area contributed by atoms with Crippen LogP contribution in [0, 0.1) is 13.8 Å². The number of aryl methyl sites for hydroxylation is 1. The molecule has 5 nitrogen and oxygen atoms in total. The molecule has 0 aliphatic rings. The molecule has 22 heavy (non-hydrogen) atoms. The molecule has 5 heteroatoms. The molecule has 2 aromatic carbocycles. The number of anilines is 1. The monoisotopic (exact) mass is 292 g/mol. The Labute approximate surface area is 128 Å². The summed E-state index contributed by atoms with van der Waals surface area (Å²) >= 11 is 0. The Bertz CT molecular complexity index is 792. The number of amides is 1. The van der Waals surface area contributed by atoms with E-state index in [-0.39, 0.29) is 5.91 Å². The van der Waals surface area contributed by atoms with Crippen LogP contribution in [0.15, 0.2) is 55.1 Å². The Kier molecular flexibility index (Phi) is 3.70. The molecule has 0 aliphatic heterocycles. The number of aromatic nitrogens is 3. The molecule has 0 bridgehead atoms. The van der Waals surface area contributed by atoms with Crippen LogP contribution in [0.2, 0.25) is 0 Å². The molecule has 0 saturated carbocycles. The Hall–Kier alpha value is -2.95. The van der Waals surface area contributed by atoms with Gasteiger partial charge in [0.15, 0.2) is 0 Å². The highest BCUT2D eigenvalue weighted by atomic mass is 16.1. The van der Waals surface area contributed by atoms with E-state index >= 15 is 0 Å². The Balaban J connectivity index is 1.78. The van der Waals surface area contributed by atoms with Crippen LogP contribution in [-0.2, 0) is 0 Å². The third-order valence-electron chi connectivity index (χ3n) is 3.66. The van der Waals surface area contributed by atoms with Gasteiger partial charge in [-0.25, -0.2) is 9.67 Å². The minimum absolute atomic E-state index is 0.102. The van der Waals surface area contributed by atoms with Crippen molar-refractivity contribution in [2.45, 2.75) is 13.8 Å². The zero-order valence-electron chi connectivity index (χ0n) is 12.4. The molecule has 0 radical (unpaired) electrons. The largest absolute Gasteiger partial charge is 0.322 e. The van der Waals surface area contributed by atoms with Crippen LogP contribution < -0.4 is 5.32 Å². The average molecular weight is 292 g/mol. The van der Waals surface area contributed by atoms with Crippen LogP contribution in [-0.4, -0.2) is 20.7 Å². The number of nitrogens with one attached hydrogen (secondary N) is 1. The fourth-order valence-corrected chi connectivity index (χ4v) is 2.23. The number of benzene rings is 2. The number of hydrogen-bond acceptors (Lipinski definition) is 3. The maximum Gasteiger partial charge on any atom is 0.255 e. The van der Waals surface area contributed by atoms with Gasteiger partial charge in [-0.05, 0) is 55.3 Å². The van der Waals surface area contributed by atoms with Gasteiger partial charge in [0.1, 0.15) is 12.7 Å². The van der Waals surface area contributed by atoms with Crippen LogP contribution >= 0.6 is 0 Å². The number of hydrogen-bond donors (Lipinski definition) is 1. The van der Waals surface area contributed by atoms with Crippen LogP contribution in [0.5, 0.6) is 0 Å². The first-order valence-electron chi connectivity index (χ1n) is 6.98. The molecular formula is C17H16N4O. The van der Waals surface area contributed by atoms with E-state index in [4.69, 9.17) is 0 Å². The molecule has 0 aliphatic carbocycles. The van der Waals surface area contributed by atoms with Crippen molar-refractivity contribution in [3.63, 3.8) is 0 Å². The summed E-state index contributed by atoms with van der Waals surface area (Å²) in [6.45, 7) is 3.96. The van der Waals surface area contributed by atoms with Crippen molar-refractivity contribution >= 4 is 11.6 Å². The van der Waals surface area contributed by atoms with Crippen LogP contribution in [0.3, 0.4) is 0 Å². The van der Waals surface area contributed by atoms with Crippen molar-refractivity contribution in [1.29, 1.82) is 0 Å². The molecule has 0 atom stereocenters. The van der Waals surface area contributed by atoms with Crippen molar-refractivity contribution in [2.24, 2.45) is 0 Å². The highest BCUT2D eigenvalue weighted by Crippen LogP contribution is 2.16. The summed E-state index contributed by atoms with van der Waals surface area (Å²) in [5.74, 6) is -0.102. The molecule has 1 N–H and O–H groups in total. The van der Waals surface area contributed by atoms with Gasteiger partial charge in [-0.15, -0.1) is 0 Å². The number of carbonyl (C=O) groups is 1. The SMILES string of the molecule is Cc1cccc(C(=O)Nc2ccc(-n3cncn3)cc2)c1C. The normalized spacial score (nSPS) is 10.5. The molecule has 0 spiro atoms. The third-order valence-corrected chi connectivity index (χ3v) is 3.66. The van der Waals surface area contributed by atoms with E-state index in [1.165, 1.54) is 6.33 Å². The summed E-state index contributed by atoms with van der Waals surface area (Å²) in [5.41, 5.74) is 4.44. The summed E-state index contributed by atoms with van der Waals surface area (Å²) in [4.78, 5) is 16.3. The Morgan fingerprint density at radius 3 is 2.55 bits per heavy atom. The first-order chi connectivity index (χ1) is 10.6. The second-order valence-electron chi connectivity index (χ2n) is 5.09. The molecule has 1 aromatic heterocycles. The van der Waals surface area contributed by atoms with Crippen LogP contribution in [0.25, 0.3) is 5.69 Å². The van der Waals surface area contributed by atoms with E-state index in [2.05, 4.69) is 15.4 Å². The van der Waals surface area contributed by atoms with E-state index in [1.807, 2.05) is 56.3 Å². The highest BCUT2D eigenvalue weighted by Gasteiger charge is 2.10. The number of carbonyl (C=O) groups excluding carboxylic acids is 1. The average Bonchev–Trinajstić information content (AvgIpc) is 3.05. The summed E-state index contributed by atoms with van der Waals surface area (Å²) in [5, 5.41) is 6.98. The molecule has 1 heterocycles. The lowest BCUT2D eigenvalue weighted by molar-refractivity contribution is 0.102. The number of rotatable bonds is 3. The predicted octanol–water partition coefficient (Wildman–Crippen LogP) is 3.14. The zero-order chi connectivity index (χ0) is 15.5. The molecule has 0 unspecified atom stereocenters. The van der Waals surface area contributed by atoms with Gasteiger partial charge < -0.3 is 5.32 Å². The first-order valence-corrected chi connectivity index (χ1v) is 6.98. The smallest absolute Gasteiger partial charge is 0.255 e. The highest BCUT2D eigenvalue weighted by molar-refractivity contribution is 6.05. The lowest BCUT2D eigenvalue weighted by Gasteiger charge is -2.10. The molecular weight excluding hydrogens is 276 g/mol. The lowest BCUT2D eigenvalue weighted by Crippen LogP contribution is -2.13. The second kappa shape index (κ2) is 5.81. The second-order valence-corrected chi connectivity index (χ2v) is 5.09. The maximum absolute atomic E-state index is 12.4. The first kappa shape index (κ1) is 14.0. The summed E-state index contributed by atoms with van der Waals surface area (Å²) in [6, 6.07) is 13.2. The zero-order valence-corrected chi connectivity index (χ0v) is 12.4. The van der Waals surface area contributed by atoms with Crippen molar-refractivity contribution < 1.29 is 4.79 Å². The fourth-order valence-electron chi connectivity index (χ4n) is 2.23. The van der Waals surface area contributed by atoms with Gasteiger partial charge in [-0.3, -0.25) is 4.79 Å². The van der Waals surface area contributed by atoms with Crippen LogP contribution in [0.1, 0.15) is 21.5 Å². The summed E-state index contributed by atoms with van der Waals surface area (Å²) < 4.78 is 1.66. The Morgan fingerprint density at radius 2 is 1.86 bits per heavy atom. The van der Waals surface area contributed by atoms with Crippen molar-refractivity contribution in [1.82, 2.24) is 14.8 Å². The van der Waals surface area contributed by atoms with Gasteiger partial charge >= 0.3 is 0 Å². The van der Waals surface area contributed by atoms with E-state index < -0.39 is 0 Å². The topological polar surface area (TPSA) is 59.8 Å². The molecule has 3 rings (SSSR count). The molecule has 3 aromatic rings. The maximum atomic E-state index is 12.4. The van der Waals surface area contributed by atoms with Gasteiger partial charge in [-0.1, -0.05) is 12.1 Å². The predicted molar refractivity (Wildman–Crippen MR) is 85.2 cm³/mol. The van der Waals surface area contributed by atoms with E-state index in [0.29, 0.717) is 5.56 Å². The van der Waals surface area contributed by atoms with Gasteiger partial charge in [-0.2, -0.15) is 5.10 Å². The molecule has 0 fully saturated rings. The quantitative estimate of drug-likeness (QED) is 0.806. The van der Waals surface area contributed by atoms with Gasteiger partial charge in [0.05, 0.1) is 5.69 Å². The van der Waals surface area contributed by atoms with Crippen molar-refractivity contribution in [3.8, 4) is 5.69 Å². The Morgan fingerprint density at radius 1 is 1.09 bits per heavy atom. The van der Waals surface area contributed by atoms with Crippen molar-refractivity contribution in [3.05, 3.63) is 71.8 Å². The van der Waals surface area contributed by atoms with Gasteiger partial charge in [0, 0.05) is 11.3 Å². The minimum atomic E-state index is -0.102. The van der Waals surface area contributed by atoms with E-state index in [1.54, 1.807) is 11.0 Å². The van der Waals surface area contributed by atoms with Gasteiger partial charge in [0.25, 0.3) is 5.91 Å². The fraction of sp³-hybridized carbons (Fsp3) is 0.118. The van der Waals surface area contributed by atoms with Crippen LogP contribution in [0.4, 0.5) is 5.69 Å². The summed E-state index contributed by atoms with van der Waals surface area (Å²) in [7, 11) is 0. The number of nitrogens with zero attached hydrogens (tertiary/aromatic N) is 3. The molecule has 1 amide bonds. The molecule has 0 saturated heterocycles. The van der Waals surface area contributed by atoms with Gasteiger partial charge in [0.2, 0.25) is 0 Å². The van der Waals surface area contributed by atoms with Crippen molar-refractivity contribution in [2.75, 3.05) is 5.32 Å². The summed E-state index contributed by atoms with van der Waals surface area (Å²) in [6.07, 6.45) is 3.11. The third kappa shape index (κ3) is 2.74.